The van der Waals surface area contributed by atoms with Crippen LogP contribution in [0.2, 0.25) is 0 Å². The number of rotatable bonds is 1. The normalized spacial score (nSPS) is 26.0. The number of hydrogen-bond acceptors (Lipinski definition) is 1. The van der Waals surface area contributed by atoms with E-state index in [4.69, 9.17) is 11.6 Å². The Morgan fingerprint density at radius 1 is 1.89 bits per heavy atom. The van der Waals surface area contributed by atoms with E-state index < -0.39 is 0 Å². The highest BCUT2D eigenvalue weighted by Gasteiger charge is 2.11. The van der Waals surface area contributed by atoms with Crippen molar-refractivity contribution < 1.29 is 0 Å². The van der Waals surface area contributed by atoms with Crippen molar-refractivity contribution in [3.63, 3.8) is 0 Å². The maximum Gasteiger partial charge on any atom is 0.109 e. The monoisotopic (exact) mass is 143 g/mol. The molecule has 9 heavy (non-hydrogen) atoms. The summed E-state index contributed by atoms with van der Waals surface area (Å²) in [7, 11) is 0. The molecule has 0 spiro atoms. The highest BCUT2D eigenvalue weighted by Crippen LogP contribution is 2.17. The number of halogens is 1. The van der Waals surface area contributed by atoms with Gasteiger partial charge in [-0.15, -0.1) is 0 Å². The third-order valence-electron chi connectivity index (χ3n) is 1.55. The Morgan fingerprint density at radius 2 is 2.67 bits per heavy atom. The molecule has 1 aliphatic heterocycles. The van der Waals surface area contributed by atoms with E-state index in [-0.39, 0.29) is 0 Å². The molecule has 0 aromatic heterocycles. The van der Waals surface area contributed by atoms with E-state index in [0.29, 0.717) is 5.92 Å². The van der Waals surface area contributed by atoms with Crippen LogP contribution in [0.3, 0.4) is 0 Å². The van der Waals surface area contributed by atoms with Crippen molar-refractivity contribution in [2.45, 2.75) is 19.8 Å². The zero-order chi connectivity index (χ0) is 6.69. The minimum atomic E-state index is 0.483. The van der Waals surface area contributed by atoms with Gasteiger partial charge in [-0.3, -0.25) is 0 Å². The first-order valence-corrected chi connectivity index (χ1v) is 3.60. The lowest BCUT2D eigenvalue weighted by atomic mass is 10.0. The molecule has 0 aromatic rings. The van der Waals surface area contributed by atoms with Gasteiger partial charge in [-0.1, -0.05) is 24.6 Å². The van der Waals surface area contributed by atoms with Crippen LogP contribution in [0, 0.1) is 5.92 Å². The molecule has 1 atom stereocenters. The predicted octanol–water partition coefficient (Wildman–Crippen LogP) is 2.57. The van der Waals surface area contributed by atoms with E-state index in [9.17, 15) is 0 Å². The fraction of sp³-hybridized carbons (Fsp3) is 0.571. The molecule has 0 saturated heterocycles. The minimum absolute atomic E-state index is 0.483. The van der Waals surface area contributed by atoms with E-state index in [1.807, 2.05) is 0 Å². The Bertz CT molecular complexity index is 149. The van der Waals surface area contributed by atoms with Gasteiger partial charge in [0.15, 0.2) is 0 Å². The second kappa shape index (κ2) is 3.02. The van der Waals surface area contributed by atoms with Gasteiger partial charge in [0.25, 0.3) is 0 Å². The third-order valence-corrected chi connectivity index (χ3v) is 1.96. The molecule has 0 bridgehead atoms. The Morgan fingerprint density at radius 3 is 3.11 bits per heavy atom. The van der Waals surface area contributed by atoms with Crippen molar-refractivity contribution in [1.29, 1.82) is 0 Å². The zero-order valence-corrected chi connectivity index (χ0v) is 6.23. The van der Waals surface area contributed by atoms with E-state index in [1.54, 1.807) is 6.20 Å². The first kappa shape index (κ1) is 6.81. The van der Waals surface area contributed by atoms with Crippen LogP contribution >= 0.6 is 11.6 Å². The molecule has 1 unspecified atom stereocenters. The van der Waals surface area contributed by atoms with Gasteiger partial charge in [-0.2, -0.15) is 0 Å². The molecule has 0 fully saturated rings. The first-order valence-electron chi connectivity index (χ1n) is 3.22. The molecule has 0 aromatic carbocycles. The minimum Gasteiger partial charge on any atom is -0.249 e. The topological polar surface area (TPSA) is 12.4 Å². The van der Waals surface area contributed by atoms with Crippen molar-refractivity contribution >= 4 is 16.8 Å². The quantitative estimate of drug-likeness (QED) is 0.535. The van der Waals surface area contributed by atoms with Crippen LogP contribution in [0.15, 0.2) is 17.3 Å². The van der Waals surface area contributed by atoms with Gasteiger partial charge < -0.3 is 0 Å². The van der Waals surface area contributed by atoms with Gasteiger partial charge in [-0.25, -0.2) is 4.99 Å². The maximum atomic E-state index is 5.78. The van der Waals surface area contributed by atoms with Crippen LogP contribution in [0.5, 0.6) is 0 Å². The average Bonchev–Trinajstić information content (AvgIpc) is 1.89. The second-order valence-corrected chi connectivity index (χ2v) is 2.56. The third kappa shape index (κ3) is 1.55. The van der Waals surface area contributed by atoms with Crippen LogP contribution < -0.4 is 0 Å². The summed E-state index contributed by atoms with van der Waals surface area (Å²) in [6.45, 7) is 2.13. The van der Waals surface area contributed by atoms with Crippen molar-refractivity contribution in [2.24, 2.45) is 10.9 Å². The van der Waals surface area contributed by atoms with E-state index >= 15 is 0 Å². The van der Waals surface area contributed by atoms with Crippen LogP contribution in [0.4, 0.5) is 0 Å². The molecule has 50 valence electrons. The SMILES string of the molecule is CCC1CC=CN=C1Cl. The van der Waals surface area contributed by atoms with Gasteiger partial charge in [0.05, 0.1) is 0 Å². The molecule has 0 saturated carbocycles. The second-order valence-electron chi connectivity index (χ2n) is 2.18. The zero-order valence-electron chi connectivity index (χ0n) is 5.47. The highest BCUT2D eigenvalue weighted by molar-refractivity contribution is 6.66. The highest BCUT2D eigenvalue weighted by atomic mass is 35.5. The molecule has 0 radical (unpaired) electrons. The van der Waals surface area contributed by atoms with Crippen LogP contribution in [0.25, 0.3) is 0 Å². The Balaban J connectivity index is 2.59. The summed E-state index contributed by atoms with van der Waals surface area (Å²) >= 11 is 5.78. The molecule has 0 N–H and O–H groups in total. The lowest BCUT2D eigenvalue weighted by molar-refractivity contribution is 0.677. The molecular weight excluding hydrogens is 134 g/mol. The fourth-order valence-corrected chi connectivity index (χ4v) is 1.19. The summed E-state index contributed by atoms with van der Waals surface area (Å²) in [5, 5.41) is 0.764. The smallest absolute Gasteiger partial charge is 0.109 e. The van der Waals surface area contributed by atoms with Gasteiger partial charge in [0.2, 0.25) is 0 Å². The molecule has 2 heteroatoms. The lowest BCUT2D eigenvalue weighted by Gasteiger charge is -2.11. The molecule has 0 amide bonds. The van der Waals surface area contributed by atoms with Crippen molar-refractivity contribution in [3.05, 3.63) is 12.3 Å². The van der Waals surface area contributed by atoms with Crippen LogP contribution in [-0.4, -0.2) is 5.17 Å². The van der Waals surface area contributed by atoms with Crippen molar-refractivity contribution in [3.8, 4) is 0 Å². The summed E-state index contributed by atoms with van der Waals surface area (Å²) in [6, 6.07) is 0. The summed E-state index contributed by atoms with van der Waals surface area (Å²) < 4.78 is 0. The van der Waals surface area contributed by atoms with Crippen LogP contribution in [0.1, 0.15) is 19.8 Å². The predicted molar refractivity (Wildman–Crippen MR) is 40.8 cm³/mol. The standard InChI is InChI=1S/C7H10ClN/c1-2-6-4-3-5-9-7(6)8/h3,5-6H,2,4H2,1H3. The molecule has 1 rings (SSSR count). The van der Waals surface area contributed by atoms with Crippen molar-refractivity contribution in [2.75, 3.05) is 0 Å². The van der Waals surface area contributed by atoms with E-state index in [1.165, 1.54) is 0 Å². The summed E-state index contributed by atoms with van der Waals surface area (Å²) in [6.07, 6.45) is 5.97. The average molecular weight is 144 g/mol. The maximum absolute atomic E-state index is 5.78. The summed E-state index contributed by atoms with van der Waals surface area (Å²) in [5.41, 5.74) is 0. The number of hydrogen-bond donors (Lipinski definition) is 0. The van der Waals surface area contributed by atoms with Crippen LogP contribution in [-0.2, 0) is 0 Å². The van der Waals surface area contributed by atoms with Gasteiger partial charge in [-0.05, 0) is 12.8 Å². The fourth-order valence-electron chi connectivity index (χ4n) is 0.887. The lowest BCUT2D eigenvalue weighted by Crippen LogP contribution is -2.08. The Kier molecular flexibility index (Phi) is 2.29. The summed E-state index contributed by atoms with van der Waals surface area (Å²) in [5.74, 6) is 0.483. The molecule has 1 heterocycles. The first-order chi connectivity index (χ1) is 4.34. The van der Waals surface area contributed by atoms with Gasteiger partial charge in [0.1, 0.15) is 5.17 Å². The Hall–Kier alpha value is -0.300. The Labute approximate surface area is 60.4 Å². The van der Waals surface area contributed by atoms with Crippen molar-refractivity contribution in [1.82, 2.24) is 0 Å². The van der Waals surface area contributed by atoms with Gasteiger partial charge >= 0.3 is 0 Å². The number of aliphatic imine (C=N–C) groups is 1. The largest absolute Gasteiger partial charge is 0.249 e. The molecule has 1 nitrogen and oxygen atoms in total. The molecule has 1 aliphatic rings. The molecule has 0 aliphatic carbocycles. The van der Waals surface area contributed by atoms with E-state index in [2.05, 4.69) is 18.0 Å². The number of allylic oxidation sites excluding steroid dienone is 1. The van der Waals surface area contributed by atoms with E-state index in [0.717, 1.165) is 18.0 Å². The summed E-state index contributed by atoms with van der Waals surface area (Å²) in [4.78, 5) is 3.98. The molecular formula is C7H10ClN. The number of nitrogens with zero attached hydrogens (tertiary/aromatic N) is 1. The van der Waals surface area contributed by atoms with Gasteiger partial charge in [0, 0.05) is 12.1 Å².